The molecule has 3 nitrogen and oxygen atoms in total. The lowest BCUT2D eigenvalue weighted by Gasteiger charge is -2.34. The van der Waals surface area contributed by atoms with Crippen LogP contribution in [0.5, 0.6) is 0 Å². The number of pyridine rings is 1. The van der Waals surface area contributed by atoms with E-state index in [4.69, 9.17) is 16.3 Å². The molecule has 0 N–H and O–H groups in total. The smallest absolute Gasteiger partial charge is 0.128 e. The first-order valence-corrected chi connectivity index (χ1v) is 6.74. The summed E-state index contributed by atoms with van der Waals surface area (Å²) in [7, 11) is 0. The van der Waals surface area contributed by atoms with Crippen molar-refractivity contribution in [2.75, 3.05) is 24.6 Å². The molecule has 1 aliphatic heterocycles. The SMILES string of the molecule is Clc1ccccc1C1CN(c2ccccn2)CCO1. The first kappa shape index (κ1) is 12.5. The van der Waals surface area contributed by atoms with E-state index in [9.17, 15) is 0 Å². The maximum atomic E-state index is 6.24. The molecule has 2 aromatic rings. The molecular formula is C15H15ClN2O. The van der Waals surface area contributed by atoms with E-state index in [-0.39, 0.29) is 6.10 Å². The van der Waals surface area contributed by atoms with E-state index in [0.717, 1.165) is 29.5 Å². The molecule has 0 radical (unpaired) electrons. The van der Waals surface area contributed by atoms with Gasteiger partial charge in [-0.15, -0.1) is 0 Å². The van der Waals surface area contributed by atoms with E-state index >= 15 is 0 Å². The first-order chi connectivity index (χ1) is 9.34. The van der Waals surface area contributed by atoms with Gasteiger partial charge in [0.05, 0.1) is 6.61 Å². The highest BCUT2D eigenvalue weighted by Gasteiger charge is 2.24. The fourth-order valence-corrected chi connectivity index (χ4v) is 2.58. The number of nitrogens with zero attached hydrogens (tertiary/aromatic N) is 2. The third-order valence-corrected chi connectivity index (χ3v) is 3.64. The zero-order valence-corrected chi connectivity index (χ0v) is 11.3. The molecule has 1 aromatic heterocycles. The molecule has 1 unspecified atom stereocenters. The number of hydrogen-bond donors (Lipinski definition) is 0. The number of morpholine rings is 1. The summed E-state index contributed by atoms with van der Waals surface area (Å²) in [5.74, 6) is 0.989. The van der Waals surface area contributed by atoms with Gasteiger partial charge < -0.3 is 9.64 Å². The predicted octanol–water partition coefficient (Wildman–Crippen LogP) is 3.31. The maximum Gasteiger partial charge on any atom is 0.128 e. The van der Waals surface area contributed by atoms with Crippen LogP contribution in [0.1, 0.15) is 11.7 Å². The second-order valence-corrected chi connectivity index (χ2v) is 4.92. The third-order valence-electron chi connectivity index (χ3n) is 3.29. The summed E-state index contributed by atoms with van der Waals surface area (Å²) >= 11 is 6.24. The molecule has 0 bridgehead atoms. The van der Waals surface area contributed by atoms with Crippen molar-refractivity contribution >= 4 is 17.4 Å². The molecule has 3 rings (SSSR count). The Morgan fingerprint density at radius 1 is 1.16 bits per heavy atom. The summed E-state index contributed by atoms with van der Waals surface area (Å²) in [6.07, 6.45) is 1.82. The Morgan fingerprint density at radius 3 is 2.79 bits per heavy atom. The Morgan fingerprint density at radius 2 is 2.00 bits per heavy atom. The monoisotopic (exact) mass is 274 g/mol. The van der Waals surface area contributed by atoms with E-state index < -0.39 is 0 Å². The van der Waals surface area contributed by atoms with Crippen molar-refractivity contribution < 1.29 is 4.74 Å². The Bertz CT molecular complexity index is 547. The summed E-state index contributed by atoms with van der Waals surface area (Å²) in [5, 5.41) is 0.760. The van der Waals surface area contributed by atoms with Crippen molar-refractivity contribution in [1.29, 1.82) is 0 Å². The van der Waals surface area contributed by atoms with E-state index in [1.807, 2.05) is 48.7 Å². The quantitative estimate of drug-likeness (QED) is 0.840. The van der Waals surface area contributed by atoms with Crippen LogP contribution in [0.2, 0.25) is 5.02 Å². The summed E-state index contributed by atoms with van der Waals surface area (Å²) in [6.45, 7) is 2.32. The van der Waals surface area contributed by atoms with Crippen molar-refractivity contribution in [3.8, 4) is 0 Å². The van der Waals surface area contributed by atoms with Crippen LogP contribution in [0.3, 0.4) is 0 Å². The number of halogens is 1. The second-order valence-electron chi connectivity index (χ2n) is 4.51. The topological polar surface area (TPSA) is 25.4 Å². The van der Waals surface area contributed by atoms with Crippen LogP contribution in [0.25, 0.3) is 0 Å². The van der Waals surface area contributed by atoms with Crippen molar-refractivity contribution in [2.45, 2.75) is 6.10 Å². The average molecular weight is 275 g/mol. The lowest BCUT2D eigenvalue weighted by atomic mass is 10.1. The summed E-state index contributed by atoms with van der Waals surface area (Å²) in [6, 6.07) is 13.8. The van der Waals surface area contributed by atoms with Crippen LogP contribution < -0.4 is 4.90 Å². The zero-order chi connectivity index (χ0) is 13.1. The van der Waals surface area contributed by atoms with Gasteiger partial charge in [-0.3, -0.25) is 0 Å². The lowest BCUT2D eigenvalue weighted by Crippen LogP contribution is -2.38. The average Bonchev–Trinajstić information content (AvgIpc) is 2.49. The molecule has 1 fully saturated rings. The van der Waals surface area contributed by atoms with Gasteiger partial charge in [-0.25, -0.2) is 4.98 Å². The largest absolute Gasteiger partial charge is 0.370 e. The van der Waals surface area contributed by atoms with Crippen molar-refractivity contribution in [3.63, 3.8) is 0 Å². The molecule has 1 saturated heterocycles. The summed E-state index contributed by atoms with van der Waals surface area (Å²) in [5.41, 5.74) is 1.05. The molecule has 2 heterocycles. The molecule has 98 valence electrons. The fraction of sp³-hybridized carbons (Fsp3) is 0.267. The minimum atomic E-state index is 0.00413. The molecule has 0 spiro atoms. The number of hydrogen-bond acceptors (Lipinski definition) is 3. The van der Waals surface area contributed by atoms with Gasteiger partial charge in [-0.05, 0) is 18.2 Å². The van der Waals surface area contributed by atoms with E-state index in [2.05, 4.69) is 9.88 Å². The minimum Gasteiger partial charge on any atom is -0.370 e. The van der Waals surface area contributed by atoms with E-state index in [1.165, 1.54) is 0 Å². The fourth-order valence-electron chi connectivity index (χ4n) is 2.32. The van der Waals surface area contributed by atoms with Gasteiger partial charge in [0.25, 0.3) is 0 Å². The molecular weight excluding hydrogens is 260 g/mol. The van der Waals surface area contributed by atoms with Crippen LogP contribution in [-0.4, -0.2) is 24.7 Å². The van der Waals surface area contributed by atoms with Gasteiger partial charge in [0, 0.05) is 29.9 Å². The number of aromatic nitrogens is 1. The van der Waals surface area contributed by atoms with Crippen LogP contribution in [0.15, 0.2) is 48.7 Å². The second kappa shape index (κ2) is 5.59. The third kappa shape index (κ3) is 2.72. The molecule has 1 aromatic carbocycles. The Balaban J connectivity index is 1.81. The molecule has 0 aliphatic carbocycles. The lowest BCUT2D eigenvalue weighted by molar-refractivity contribution is 0.0396. The van der Waals surface area contributed by atoms with Crippen molar-refractivity contribution in [2.24, 2.45) is 0 Å². The molecule has 19 heavy (non-hydrogen) atoms. The van der Waals surface area contributed by atoms with Gasteiger partial charge in [0.15, 0.2) is 0 Å². The number of ether oxygens (including phenoxy) is 1. The highest BCUT2D eigenvalue weighted by molar-refractivity contribution is 6.31. The Labute approximate surface area is 117 Å². The van der Waals surface area contributed by atoms with Gasteiger partial charge in [-0.2, -0.15) is 0 Å². The van der Waals surface area contributed by atoms with Gasteiger partial charge in [0.2, 0.25) is 0 Å². The van der Waals surface area contributed by atoms with Crippen molar-refractivity contribution in [1.82, 2.24) is 4.98 Å². The van der Waals surface area contributed by atoms with Crippen LogP contribution >= 0.6 is 11.6 Å². The molecule has 1 atom stereocenters. The van der Waals surface area contributed by atoms with Gasteiger partial charge in [0.1, 0.15) is 11.9 Å². The van der Waals surface area contributed by atoms with Crippen LogP contribution in [-0.2, 0) is 4.74 Å². The summed E-state index contributed by atoms with van der Waals surface area (Å²) < 4.78 is 5.84. The zero-order valence-electron chi connectivity index (χ0n) is 10.5. The number of benzene rings is 1. The Hall–Kier alpha value is -1.58. The highest BCUT2D eigenvalue weighted by atomic mass is 35.5. The molecule has 0 saturated carbocycles. The maximum absolute atomic E-state index is 6.24. The standard InChI is InChI=1S/C15H15ClN2O/c16-13-6-2-1-5-12(13)14-11-18(9-10-19-14)15-7-3-4-8-17-15/h1-8,14H,9-11H2. The highest BCUT2D eigenvalue weighted by Crippen LogP contribution is 2.29. The van der Waals surface area contributed by atoms with Gasteiger partial charge >= 0.3 is 0 Å². The minimum absolute atomic E-state index is 0.00413. The molecule has 1 aliphatic rings. The predicted molar refractivity (Wildman–Crippen MR) is 76.6 cm³/mol. The Kier molecular flexibility index (Phi) is 3.67. The number of rotatable bonds is 2. The molecule has 4 heteroatoms. The van der Waals surface area contributed by atoms with E-state index in [0.29, 0.717) is 6.61 Å². The first-order valence-electron chi connectivity index (χ1n) is 6.36. The van der Waals surface area contributed by atoms with Crippen LogP contribution in [0, 0.1) is 0 Å². The molecule has 0 amide bonds. The number of anilines is 1. The van der Waals surface area contributed by atoms with Crippen LogP contribution in [0.4, 0.5) is 5.82 Å². The van der Waals surface area contributed by atoms with Crippen molar-refractivity contribution in [3.05, 3.63) is 59.2 Å². The summed E-state index contributed by atoms with van der Waals surface area (Å²) in [4.78, 5) is 6.62. The van der Waals surface area contributed by atoms with Gasteiger partial charge in [-0.1, -0.05) is 35.9 Å². The normalized spacial score (nSPS) is 19.4. The van der Waals surface area contributed by atoms with E-state index in [1.54, 1.807) is 0 Å².